The maximum Gasteiger partial charge on any atom is 0.117 e. The van der Waals surface area contributed by atoms with Crippen LogP contribution in [0.5, 0.6) is 0 Å². The highest BCUT2D eigenvalue weighted by Gasteiger charge is 2.21. The molecule has 2 rings (SSSR count). The molecule has 0 amide bonds. The van der Waals surface area contributed by atoms with Gasteiger partial charge in [0.2, 0.25) is 0 Å². The van der Waals surface area contributed by atoms with Gasteiger partial charge in [0, 0.05) is 25.4 Å². The second kappa shape index (κ2) is 3.85. The number of aromatic nitrogens is 2. The average Bonchev–Trinajstić information content (AvgIpc) is 2.50. The molecular weight excluding hydrogens is 254 g/mol. The molecule has 0 bridgehead atoms. The standard InChI is InChI=1S/C11H14BrN3/c1-4-6-15-7-5-9-10(8(15)2)13-14(3)11(9)12/h5,7H,2,4,6H2,1,3H3. The predicted molar refractivity (Wildman–Crippen MR) is 66.0 cm³/mol. The first-order valence-electron chi connectivity index (χ1n) is 5.01. The average molecular weight is 268 g/mol. The molecule has 0 saturated heterocycles. The molecule has 0 aromatic carbocycles. The monoisotopic (exact) mass is 267 g/mol. The number of rotatable bonds is 2. The summed E-state index contributed by atoms with van der Waals surface area (Å²) in [7, 11) is 1.92. The van der Waals surface area contributed by atoms with Gasteiger partial charge in [0.15, 0.2) is 0 Å². The van der Waals surface area contributed by atoms with Crippen LogP contribution in [0.4, 0.5) is 0 Å². The van der Waals surface area contributed by atoms with Crippen molar-refractivity contribution in [1.82, 2.24) is 14.7 Å². The topological polar surface area (TPSA) is 21.1 Å². The highest BCUT2D eigenvalue weighted by Crippen LogP contribution is 2.31. The second-order valence-corrected chi connectivity index (χ2v) is 4.38. The molecule has 1 aliphatic rings. The molecule has 0 N–H and O–H groups in total. The Balaban J connectivity index is 2.42. The van der Waals surface area contributed by atoms with Gasteiger partial charge in [-0.3, -0.25) is 4.68 Å². The van der Waals surface area contributed by atoms with Crippen LogP contribution >= 0.6 is 15.9 Å². The van der Waals surface area contributed by atoms with Gasteiger partial charge in [-0.1, -0.05) is 13.5 Å². The minimum atomic E-state index is 0.973. The summed E-state index contributed by atoms with van der Waals surface area (Å²) in [5, 5.41) is 4.44. The van der Waals surface area contributed by atoms with E-state index in [1.54, 1.807) is 0 Å². The van der Waals surface area contributed by atoms with Crippen LogP contribution in [0.15, 0.2) is 17.4 Å². The number of halogens is 1. The van der Waals surface area contributed by atoms with Gasteiger partial charge in [0.1, 0.15) is 10.3 Å². The van der Waals surface area contributed by atoms with Crippen molar-refractivity contribution < 1.29 is 0 Å². The molecule has 1 aromatic rings. The van der Waals surface area contributed by atoms with Crippen LogP contribution in [-0.4, -0.2) is 21.2 Å². The third-order valence-corrected chi connectivity index (χ3v) is 3.46. The first-order chi connectivity index (χ1) is 7.15. The molecule has 0 atom stereocenters. The summed E-state index contributed by atoms with van der Waals surface area (Å²) in [6, 6.07) is 0. The summed E-state index contributed by atoms with van der Waals surface area (Å²) in [5.41, 5.74) is 3.07. The Morgan fingerprint density at radius 2 is 2.27 bits per heavy atom. The van der Waals surface area contributed by atoms with Crippen LogP contribution in [0.1, 0.15) is 24.6 Å². The van der Waals surface area contributed by atoms with Crippen LogP contribution in [-0.2, 0) is 7.05 Å². The van der Waals surface area contributed by atoms with E-state index in [1.165, 1.54) is 0 Å². The summed E-state index contributed by atoms with van der Waals surface area (Å²) < 4.78 is 2.83. The summed E-state index contributed by atoms with van der Waals surface area (Å²) >= 11 is 3.51. The van der Waals surface area contributed by atoms with E-state index in [-0.39, 0.29) is 0 Å². The van der Waals surface area contributed by atoms with Gasteiger partial charge in [-0.15, -0.1) is 0 Å². The lowest BCUT2D eigenvalue weighted by Crippen LogP contribution is -2.18. The normalized spacial score (nSPS) is 14.6. The molecular formula is C11H14BrN3. The summed E-state index contributed by atoms with van der Waals surface area (Å²) in [4.78, 5) is 2.14. The first-order valence-corrected chi connectivity index (χ1v) is 5.81. The molecule has 0 unspecified atom stereocenters. The van der Waals surface area contributed by atoms with Crippen molar-refractivity contribution in [2.75, 3.05) is 6.54 Å². The van der Waals surface area contributed by atoms with Crippen LogP contribution in [0.2, 0.25) is 0 Å². The van der Waals surface area contributed by atoms with Gasteiger partial charge >= 0.3 is 0 Å². The molecule has 3 nitrogen and oxygen atoms in total. The Morgan fingerprint density at radius 3 is 2.93 bits per heavy atom. The Bertz CT molecular complexity index is 431. The number of fused-ring (bicyclic) bond motifs is 1. The van der Waals surface area contributed by atoms with Gasteiger partial charge in [-0.2, -0.15) is 5.10 Å². The molecule has 0 fully saturated rings. The third kappa shape index (κ3) is 1.63. The summed E-state index contributed by atoms with van der Waals surface area (Å²) in [6.45, 7) is 7.23. The molecule has 0 aliphatic carbocycles. The lowest BCUT2D eigenvalue weighted by molar-refractivity contribution is 0.522. The highest BCUT2D eigenvalue weighted by atomic mass is 79.9. The van der Waals surface area contributed by atoms with E-state index < -0.39 is 0 Å². The fourth-order valence-electron chi connectivity index (χ4n) is 1.72. The number of nitrogens with zero attached hydrogens (tertiary/aromatic N) is 3. The molecule has 0 spiro atoms. The zero-order valence-electron chi connectivity index (χ0n) is 9.00. The minimum absolute atomic E-state index is 0.973. The smallest absolute Gasteiger partial charge is 0.117 e. The van der Waals surface area contributed by atoms with E-state index in [0.717, 1.165) is 34.5 Å². The zero-order valence-corrected chi connectivity index (χ0v) is 10.6. The predicted octanol–water partition coefficient (Wildman–Crippen LogP) is 2.85. The number of aryl methyl sites for hydroxylation is 1. The van der Waals surface area contributed by atoms with Crippen LogP contribution < -0.4 is 0 Å². The first kappa shape index (κ1) is 10.5. The Hall–Kier alpha value is -1.03. The van der Waals surface area contributed by atoms with E-state index in [9.17, 15) is 0 Å². The maximum absolute atomic E-state index is 4.44. The molecule has 15 heavy (non-hydrogen) atoms. The van der Waals surface area contributed by atoms with Gasteiger partial charge in [0.25, 0.3) is 0 Å². The van der Waals surface area contributed by atoms with E-state index in [1.807, 2.05) is 11.7 Å². The third-order valence-electron chi connectivity index (χ3n) is 2.52. The van der Waals surface area contributed by atoms with E-state index in [2.05, 4.69) is 51.7 Å². The Kier molecular flexibility index (Phi) is 2.69. The van der Waals surface area contributed by atoms with Crippen molar-refractivity contribution in [2.24, 2.45) is 7.05 Å². The fraction of sp³-hybridized carbons (Fsp3) is 0.364. The van der Waals surface area contributed by atoms with E-state index in [0.29, 0.717) is 0 Å². The molecule has 0 radical (unpaired) electrons. The van der Waals surface area contributed by atoms with Crippen molar-refractivity contribution in [3.8, 4) is 0 Å². The molecule has 80 valence electrons. The number of hydrogen-bond acceptors (Lipinski definition) is 2. The Labute approximate surface area is 98.2 Å². The number of hydrogen-bond donors (Lipinski definition) is 0. The largest absolute Gasteiger partial charge is 0.347 e. The van der Waals surface area contributed by atoms with Gasteiger partial charge in [-0.25, -0.2) is 0 Å². The maximum atomic E-state index is 4.44. The van der Waals surface area contributed by atoms with Crippen molar-refractivity contribution in [3.63, 3.8) is 0 Å². The van der Waals surface area contributed by atoms with Crippen molar-refractivity contribution in [1.29, 1.82) is 0 Å². The van der Waals surface area contributed by atoms with Crippen LogP contribution in [0, 0.1) is 0 Å². The van der Waals surface area contributed by atoms with Crippen LogP contribution in [0.25, 0.3) is 11.8 Å². The highest BCUT2D eigenvalue weighted by molar-refractivity contribution is 9.10. The van der Waals surface area contributed by atoms with Crippen molar-refractivity contribution >= 4 is 27.7 Å². The molecule has 0 saturated carbocycles. The van der Waals surface area contributed by atoms with Crippen molar-refractivity contribution in [3.05, 3.63) is 28.6 Å². The quantitative estimate of drug-likeness (QED) is 0.822. The molecule has 4 heteroatoms. The molecule has 1 aliphatic heterocycles. The van der Waals surface area contributed by atoms with E-state index in [4.69, 9.17) is 0 Å². The van der Waals surface area contributed by atoms with Crippen molar-refractivity contribution in [2.45, 2.75) is 13.3 Å². The SMILES string of the molecule is C=C1c2nn(C)c(Br)c2C=CN1CCC. The van der Waals surface area contributed by atoms with Crippen LogP contribution in [0.3, 0.4) is 0 Å². The van der Waals surface area contributed by atoms with Gasteiger partial charge < -0.3 is 4.90 Å². The second-order valence-electron chi connectivity index (χ2n) is 3.63. The summed E-state index contributed by atoms with van der Waals surface area (Å²) in [6.07, 6.45) is 5.25. The zero-order chi connectivity index (χ0) is 11.0. The lowest BCUT2D eigenvalue weighted by atomic mass is 10.1. The van der Waals surface area contributed by atoms with Gasteiger partial charge in [0.05, 0.1) is 5.70 Å². The molecule has 1 aromatic heterocycles. The summed E-state index contributed by atoms with van der Waals surface area (Å²) in [5.74, 6) is 0. The minimum Gasteiger partial charge on any atom is -0.347 e. The van der Waals surface area contributed by atoms with Gasteiger partial charge in [-0.05, 0) is 28.4 Å². The fourth-order valence-corrected chi connectivity index (χ4v) is 2.12. The Morgan fingerprint density at radius 1 is 1.53 bits per heavy atom. The molecule has 2 heterocycles. The lowest BCUT2D eigenvalue weighted by Gasteiger charge is -2.24. The van der Waals surface area contributed by atoms with E-state index >= 15 is 0 Å².